The van der Waals surface area contributed by atoms with Gasteiger partial charge in [-0.15, -0.1) is 0 Å². The first-order valence-electron chi connectivity index (χ1n) is 8.97. The predicted octanol–water partition coefficient (Wildman–Crippen LogP) is -0.0604. The minimum atomic E-state index is -0.530. The highest BCUT2D eigenvalue weighted by atomic mass is 79.9. The molecule has 0 amide bonds. The van der Waals surface area contributed by atoms with E-state index in [1.165, 1.54) is 82.4 Å². The molecule has 0 spiro atoms. The maximum atomic E-state index is 11.0. The van der Waals surface area contributed by atoms with Crippen molar-refractivity contribution < 1.29 is 36.5 Å². The van der Waals surface area contributed by atoms with Crippen LogP contribution in [0.5, 0.6) is 0 Å². The first-order valence-corrected chi connectivity index (χ1v) is 8.97. The lowest BCUT2D eigenvalue weighted by Gasteiger charge is -1.99. The Labute approximate surface area is 194 Å². The van der Waals surface area contributed by atoms with Gasteiger partial charge in [0.25, 0.3) is 17.1 Å². The molecule has 0 aliphatic rings. The number of hydrogen-bond donors (Lipinski definition) is 0. The molecule has 0 saturated heterocycles. The van der Waals surface area contributed by atoms with Crippen molar-refractivity contribution in [3.05, 3.63) is 103 Å². The highest BCUT2D eigenvalue weighted by Crippen LogP contribution is 2.21. The Hall–Kier alpha value is -4.59. The van der Waals surface area contributed by atoms with Gasteiger partial charge in [0.05, 0.1) is 25.4 Å². The zero-order chi connectivity index (χ0) is 22.8. The van der Waals surface area contributed by atoms with Crippen molar-refractivity contribution in [1.29, 1.82) is 0 Å². The summed E-state index contributed by atoms with van der Waals surface area (Å²) in [6, 6.07) is 16.8. The van der Waals surface area contributed by atoms with E-state index in [-0.39, 0.29) is 39.9 Å². The number of nitro groups is 3. The fraction of sp³-hybridized carbons (Fsp3) is 0. The van der Waals surface area contributed by atoms with Crippen molar-refractivity contribution in [3.63, 3.8) is 0 Å². The number of non-ortho nitro benzene ring substituents is 3. The first-order chi connectivity index (χ1) is 15.3. The zero-order valence-electron chi connectivity index (χ0n) is 16.4. The Morgan fingerprint density at radius 1 is 0.667 bits per heavy atom. The van der Waals surface area contributed by atoms with Gasteiger partial charge >= 0.3 is 5.82 Å². The van der Waals surface area contributed by atoms with Gasteiger partial charge < -0.3 is 17.0 Å². The minimum Gasteiger partial charge on any atom is -1.00 e. The van der Waals surface area contributed by atoms with Crippen molar-refractivity contribution in [3.8, 4) is 22.8 Å². The minimum absolute atomic E-state index is 0. The number of tetrazole rings is 1. The van der Waals surface area contributed by atoms with Gasteiger partial charge in [0.2, 0.25) is 0 Å². The SMILES string of the molecule is O=[N+]([O-])c1ccc(-c2nn(-c3ccc([N+](=O)[O-])cc3)[n+](-c3ccc([N+](=O)[O-])cc3)n2)cc1.[Br-]. The Bertz CT molecular complexity index is 1260. The Balaban J connectivity index is 0.00000306. The van der Waals surface area contributed by atoms with Gasteiger partial charge in [0.15, 0.2) is 5.69 Å². The molecule has 14 heteroatoms. The van der Waals surface area contributed by atoms with Gasteiger partial charge in [-0.25, -0.2) is 0 Å². The third kappa shape index (κ3) is 4.69. The van der Waals surface area contributed by atoms with Crippen molar-refractivity contribution in [2.75, 3.05) is 0 Å². The molecular formula is C19H12BrN7O6. The van der Waals surface area contributed by atoms with E-state index in [1.54, 1.807) is 0 Å². The van der Waals surface area contributed by atoms with Crippen molar-refractivity contribution in [2.24, 2.45) is 0 Å². The molecule has 0 atom stereocenters. The van der Waals surface area contributed by atoms with Crippen molar-refractivity contribution in [2.45, 2.75) is 0 Å². The van der Waals surface area contributed by atoms with Crippen LogP contribution in [0, 0.1) is 30.3 Å². The van der Waals surface area contributed by atoms with Gasteiger partial charge in [-0.3, -0.25) is 30.3 Å². The molecule has 0 aliphatic heterocycles. The highest BCUT2D eigenvalue weighted by molar-refractivity contribution is 5.56. The summed E-state index contributed by atoms with van der Waals surface area (Å²) in [5.41, 5.74) is 1.07. The molecule has 1 heterocycles. The molecule has 0 bridgehead atoms. The molecule has 3 aromatic carbocycles. The number of nitrogens with zero attached hydrogens (tertiary/aromatic N) is 7. The molecule has 0 aliphatic carbocycles. The quantitative estimate of drug-likeness (QED) is 0.196. The van der Waals surface area contributed by atoms with Crippen LogP contribution in [0.1, 0.15) is 0 Å². The summed E-state index contributed by atoms with van der Waals surface area (Å²) >= 11 is 0. The molecule has 33 heavy (non-hydrogen) atoms. The smallest absolute Gasteiger partial charge is 0.340 e. The summed E-state index contributed by atoms with van der Waals surface area (Å²) in [6.07, 6.45) is 0. The van der Waals surface area contributed by atoms with Crippen LogP contribution >= 0.6 is 0 Å². The lowest BCUT2D eigenvalue weighted by atomic mass is 10.2. The molecule has 4 aromatic rings. The fourth-order valence-corrected chi connectivity index (χ4v) is 2.88. The van der Waals surface area contributed by atoms with Gasteiger partial charge in [-0.2, -0.15) is 0 Å². The molecule has 0 radical (unpaired) electrons. The molecule has 0 N–H and O–H groups in total. The van der Waals surface area contributed by atoms with Gasteiger partial charge in [-0.05, 0) is 46.3 Å². The largest absolute Gasteiger partial charge is 1.00 e. The standard InChI is InChI=1S/C19H12N7O6.BrH/c27-24(28)16-3-1-13(2-4-16)19-20-22(14-5-9-17(10-6-14)25(29)30)23(21-19)15-7-11-18(12-8-15)26(31)32;/h1-12H;1H/q+1;/p-1. The second-order valence-corrected chi connectivity index (χ2v) is 6.45. The second kappa shape index (κ2) is 9.27. The van der Waals surface area contributed by atoms with E-state index in [2.05, 4.69) is 10.2 Å². The zero-order valence-corrected chi connectivity index (χ0v) is 18.0. The van der Waals surface area contributed by atoms with E-state index < -0.39 is 14.8 Å². The Morgan fingerprint density at radius 2 is 1.09 bits per heavy atom. The van der Waals surface area contributed by atoms with E-state index in [0.29, 0.717) is 16.9 Å². The van der Waals surface area contributed by atoms with Crippen LogP contribution in [-0.2, 0) is 0 Å². The molecular weight excluding hydrogens is 502 g/mol. The second-order valence-electron chi connectivity index (χ2n) is 6.45. The molecule has 0 unspecified atom stereocenters. The van der Waals surface area contributed by atoms with Gasteiger partial charge in [0, 0.05) is 41.2 Å². The highest BCUT2D eigenvalue weighted by Gasteiger charge is 2.25. The van der Waals surface area contributed by atoms with Crippen molar-refractivity contribution >= 4 is 17.1 Å². The molecule has 0 saturated carbocycles. The van der Waals surface area contributed by atoms with Crippen LogP contribution in [0.25, 0.3) is 22.8 Å². The number of rotatable bonds is 6. The molecule has 1 aromatic heterocycles. The maximum absolute atomic E-state index is 11.0. The topological polar surface area (TPSA) is 164 Å². The Kier molecular flexibility index (Phi) is 6.48. The van der Waals surface area contributed by atoms with E-state index in [0.717, 1.165) is 0 Å². The summed E-state index contributed by atoms with van der Waals surface area (Å²) in [4.78, 5) is 33.9. The van der Waals surface area contributed by atoms with Gasteiger partial charge in [-0.1, -0.05) is 0 Å². The molecule has 4 rings (SSSR count). The number of halogens is 1. The average molecular weight is 514 g/mol. The first kappa shape index (κ1) is 23.1. The lowest BCUT2D eigenvalue weighted by Crippen LogP contribution is -3.00. The van der Waals surface area contributed by atoms with Crippen LogP contribution < -0.4 is 21.8 Å². The predicted molar refractivity (Wildman–Crippen MR) is 108 cm³/mol. The summed E-state index contributed by atoms with van der Waals surface area (Å²) in [7, 11) is 0. The van der Waals surface area contributed by atoms with Crippen molar-refractivity contribution in [1.82, 2.24) is 15.0 Å². The normalized spacial score (nSPS) is 10.3. The third-order valence-electron chi connectivity index (χ3n) is 4.48. The van der Waals surface area contributed by atoms with Crippen LogP contribution in [-0.4, -0.2) is 29.8 Å². The third-order valence-corrected chi connectivity index (χ3v) is 4.48. The van der Waals surface area contributed by atoms with Crippen LogP contribution in [0.3, 0.4) is 0 Å². The van der Waals surface area contributed by atoms with Gasteiger partial charge in [0.1, 0.15) is 5.69 Å². The molecule has 13 nitrogen and oxygen atoms in total. The maximum Gasteiger partial charge on any atom is 0.340 e. The van der Waals surface area contributed by atoms with Crippen LogP contribution in [0.15, 0.2) is 72.8 Å². The number of hydrogen-bond acceptors (Lipinski definition) is 8. The van der Waals surface area contributed by atoms with Crippen LogP contribution in [0.2, 0.25) is 0 Å². The summed E-state index contributed by atoms with van der Waals surface area (Å²) in [5.74, 6) is 0.219. The number of nitro benzene ring substituents is 3. The summed E-state index contributed by atoms with van der Waals surface area (Å²) < 4.78 is 0. The van der Waals surface area contributed by atoms with Crippen LogP contribution in [0.4, 0.5) is 17.1 Å². The fourth-order valence-electron chi connectivity index (χ4n) is 2.88. The number of aromatic nitrogens is 4. The monoisotopic (exact) mass is 513 g/mol. The molecule has 0 fully saturated rings. The molecule has 166 valence electrons. The lowest BCUT2D eigenvalue weighted by molar-refractivity contribution is -0.734. The van der Waals surface area contributed by atoms with E-state index in [1.807, 2.05) is 0 Å². The van der Waals surface area contributed by atoms with E-state index >= 15 is 0 Å². The summed E-state index contributed by atoms with van der Waals surface area (Å²) in [5, 5.41) is 41.7. The number of benzene rings is 3. The summed E-state index contributed by atoms with van der Waals surface area (Å²) in [6.45, 7) is 0. The average Bonchev–Trinajstić information content (AvgIpc) is 3.24. The van der Waals surface area contributed by atoms with E-state index in [4.69, 9.17) is 0 Å². The Morgan fingerprint density at radius 3 is 1.55 bits per heavy atom. The van der Waals surface area contributed by atoms with E-state index in [9.17, 15) is 30.3 Å².